The number of hydrogen-bond donors (Lipinski definition) is 1. The van der Waals surface area contributed by atoms with Crippen molar-refractivity contribution in [2.45, 2.75) is 0 Å². The SMILES string of the molecule is S=C1SC(=Nc2ccccc2)C(=Nc2ccccc2)N1Nc1ccccc1. The van der Waals surface area contributed by atoms with Crippen molar-refractivity contribution >= 4 is 56.2 Å². The number of anilines is 1. The van der Waals surface area contributed by atoms with Gasteiger partial charge in [0.25, 0.3) is 0 Å². The number of benzene rings is 3. The Morgan fingerprint density at radius 3 is 1.81 bits per heavy atom. The van der Waals surface area contributed by atoms with Gasteiger partial charge in [0.15, 0.2) is 10.2 Å². The van der Waals surface area contributed by atoms with E-state index >= 15 is 0 Å². The number of amidine groups is 1. The summed E-state index contributed by atoms with van der Waals surface area (Å²) in [6, 6.07) is 29.5. The predicted octanol–water partition coefficient (Wildman–Crippen LogP) is 5.81. The average Bonchev–Trinajstić information content (AvgIpc) is 2.99. The van der Waals surface area contributed by atoms with Crippen LogP contribution in [0.5, 0.6) is 0 Å². The molecule has 0 radical (unpaired) electrons. The molecular formula is C21H16N4S2. The van der Waals surface area contributed by atoms with Crippen LogP contribution in [-0.4, -0.2) is 20.2 Å². The van der Waals surface area contributed by atoms with E-state index in [1.807, 2.05) is 96.0 Å². The highest BCUT2D eigenvalue weighted by Crippen LogP contribution is 2.29. The number of para-hydroxylation sites is 3. The minimum atomic E-state index is 0.656. The second-order valence-corrected chi connectivity index (χ2v) is 7.33. The van der Waals surface area contributed by atoms with Crippen molar-refractivity contribution in [2.75, 3.05) is 5.43 Å². The van der Waals surface area contributed by atoms with Gasteiger partial charge in [-0.25, -0.2) is 15.0 Å². The molecule has 4 nitrogen and oxygen atoms in total. The highest BCUT2D eigenvalue weighted by molar-refractivity contribution is 8.35. The molecule has 0 saturated carbocycles. The van der Waals surface area contributed by atoms with Gasteiger partial charge >= 0.3 is 0 Å². The Kier molecular flexibility index (Phi) is 5.27. The van der Waals surface area contributed by atoms with Crippen LogP contribution in [0.4, 0.5) is 17.1 Å². The quantitative estimate of drug-likeness (QED) is 0.573. The van der Waals surface area contributed by atoms with E-state index < -0.39 is 0 Å². The number of thioether (sulfide) groups is 1. The summed E-state index contributed by atoms with van der Waals surface area (Å²) in [6.45, 7) is 0. The molecule has 1 N–H and O–H groups in total. The molecule has 6 heteroatoms. The van der Waals surface area contributed by atoms with Crippen molar-refractivity contribution in [3.05, 3.63) is 91.0 Å². The van der Waals surface area contributed by atoms with Crippen LogP contribution in [0.15, 0.2) is 101 Å². The summed E-state index contributed by atoms with van der Waals surface area (Å²) < 4.78 is 0.656. The summed E-state index contributed by atoms with van der Waals surface area (Å²) in [7, 11) is 0. The summed E-state index contributed by atoms with van der Waals surface area (Å²) >= 11 is 7.02. The molecule has 1 aliphatic heterocycles. The zero-order chi connectivity index (χ0) is 18.5. The molecule has 0 atom stereocenters. The lowest BCUT2D eigenvalue weighted by molar-refractivity contribution is 0.776. The molecule has 3 aromatic carbocycles. The Balaban J connectivity index is 1.74. The molecule has 1 aliphatic rings. The molecule has 1 saturated heterocycles. The summed E-state index contributed by atoms with van der Waals surface area (Å²) in [5.74, 6) is 0.684. The molecule has 132 valence electrons. The minimum Gasteiger partial charge on any atom is -0.291 e. The van der Waals surface area contributed by atoms with Gasteiger partial charge in [0.1, 0.15) is 5.04 Å². The fraction of sp³-hybridized carbons (Fsp3) is 0. The van der Waals surface area contributed by atoms with E-state index in [2.05, 4.69) is 5.43 Å². The third kappa shape index (κ3) is 4.24. The van der Waals surface area contributed by atoms with Gasteiger partial charge < -0.3 is 0 Å². The molecule has 0 bridgehead atoms. The molecule has 3 aromatic rings. The second-order valence-electron chi connectivity index (χ2n) is 5.70. The van der Waals surface area contributed by atoms with Crippen molar-refractivity contribution in [3.8, 4) is 0 Å². The third-order valence-corrected chi connectivity index (χ3v) is 5.02. The number of nitrogens with zero attached hydrogens (tertiary/aromatic N) is 3. The Hall–Kier alpha value is -2.96. The standard InChI is InChI=1S/C21H16N4S2/c26-21-25(24-18-14-8-3-9-15-18)19(22-16-10-4-1-5-11-16)20(27-21)23-17-12-6-2-7-13-17/h1-15,24H. The van der Waals surface area contributed by atoms with Crippen molar-refractivity contribution in [2.24, 2.45) is 9.98 Å². The van der Waals surface area contributed by atoms with Crippen LogP contribution >= 0.6 is 24.0 Å². The first-order valence-corrected chi connectivity index (χ1v) is 9.63. The third-order valence-electron chi connectivity index (χ3n) is 3.76. The van der Waals surface area contributed by atoms with Crippen LogP contribution in [0.2, 0.25) is 0 Å². The van der Waals surface area contributed by atoms with Gasteiger partial charge in [0, 0.05) is 0 Å². The number of hydrazine groups is 1. The normalized spacial score (nSPS) is 16.9. The Labute approximate surface area is 167 Å². The van der Waals surface area contributed by atoms with E-state index in [4.69, 9.17) is 22.2 Å². The summed E-state index contributed by atoms with van der Waals surface area (Å²) in [5.41, 5.74) is 5.98. The van der Waals surface area contributed by atoms with Gasteiger partial charge in [0.05, 0.1) is 17.1 Å². The zero-order valence-corrected chi connectivity index (χ0v) is 16.0. The van der Waals surface area contributed by atoms with Crippen LogP contribution in [0, 0.1) is 0 Å². The monoisotopic (exact) mass is 388 g/mol. The van der Waals surface area contributed by atoms with Crippen LogP contribution in [0.25, 0.3) is 0 Å². The molecule has 4 rings (SSSR count). The molecular weight excluding hydrogens is 372 g/mol. The fourth-order valence-corrected chi connectivity index (χ4v) is 3.65. The Morgan fingerprint density at radius 1 is 0.704 bits per heavy atom. The van der Waals surface area contributed by atoms with Crippen molar-refractivity contribution < 1.29 is 0 Å². The van der Waals surface area contributed by atoms with Gasteiger partial charge in [-0.3, -0.25) is 5.43 Å². The first-order valence-electron chi connectivity index (χ1n) is 8.41. The highest BCUT2D eigenvalue weighted by atomic mass is 32.2. The molecule has 1 heterocycles. The lowest BCUT2D eigenvalue weighted by atomic mass is 10.3. The lowest BCUT2D eigenvalue weighted by Gasteiger charge is -2.19. The average molecular weight is 389 g/mol. The van der Waals surface area contributed by atoms with Crippen LogP contribution in [0.3, 0.4) is 0 Å². The minimum absolute atomic E-state index is 0.656. The zero-order valence-electron chi connectivity index (χ0n) is 14.3. The number of thiocarbonyl (C=S) groups is 1. The molecule has 27 heavy (non-hydrogen) atoms. The fourth-order valence-electron chi connectivity index (χ4n) is 2.51. The largest absolute Gasteiger partial charge is 0.291 e. The van der Waals surface area contributed by atoms with Gasteiger partial charge in [-0.2, -0.15) is 0 Å². The molecule has 0 amide bonds. The van der Waals surface area contributed by atoms with E-state index in [0.717, 1.165) is 22.1 Å². The summed E-state index contributed by atoms with van der Waals surface area (Å²) in [5, 5.41) is 2.57. The number of hydrogen-bond acceptors (Lipinski definition) is 5. The van der Waals surface area contributed by atoms with E-state index in [0.29, 0.717) is 10.2 Å². The van der Waals surface area contributed by atoms with Crippen molar-refractivity contribution in [1.82, 2.24) is 5.01 Å². The molecule has 0 aromatic heterocycles. The molecule has 0 unspecified atom stereocenters. The number of rotatable bonds is 4. The smallest absolute Gasteiger partial charge is 0.187 e. The van der Waals surface area contributed by atoms with E-state index in [1.165, 1.54) is 11.8 Å². The molecule has 0 spiro atoms. The van der Waals surface area contributed by atoms with Crippen LogP contribution < -0.4 is 5.43 Å². The summed E-state index contributed by atoms with van der Waals surface area (Å²) in [4.78, 5) is 9.56. The van der Waals surface area contributed by atoms with Crippen molar-refractivity contribution in [1.29, 1.82) is 0 Å². The maximum Gasteiger partial charge on any atom is 0.187 e. The Bertz CT molecular complexity index is 986. The highest BCUT2D eigenvalue weighted by Gasteiger charge is 2.32. The van der Waals surface area contributed by atoms with Gasteiger partial charge in [-0.15, -0.1) is 0 Å². The summed E-state index contributed by atoms with van der Waals surface area (Å²) in [6.07, 6.45) is 0. The first kappa shape index (κ1) is 17.5. The van der Waals surface area contributed by atoms with Gasteiger partial charge in [0.2, 0.25) is 0 Å². The topological polar surface area (TPSA) is 40.0 Å². The van der Waals surface area contributed by atoms with Crippen LogP contribution in [0.1, 0.15) is 0 Å². The maximum absolute atomic E-state index is 5.59. The first-order chi connectivity index (χ1) is 13.3. The van der Waals surface area contributed by atoms with E-state index in [9.17, 15) is 0 Å². The second kappa shape index (κ2) is 8.16. The lowest BCUT2D eigenvalue weighted by Crippen LogP contribution is -2.35. The Morgan fingerprint density at radius 2 is 1.22 bits per heavy atom. The van der Waals surface area contributed by atoms with Gasteiger partial charge in [-0.1, -0.05) is 54.6 Å². The molecule has 1 fully saturated rings. The van der Waals surface area contributed by atoms with E-state index in [-0.39, 0.29) is 0 Å². The van der Waals surface area contributed by atoms with Gasteiger partial charge in [-0.05, 0) is 60.4 Å². The van der Waals surface area contributed by atoms with Crippen molar-refractivity contribution in [3.63, 3.8) is 0 Å². The number of aliphatic imine (C=N–C) groups is 2. The van der Waals surface area contributed by atoms with E-state index in [1.54, 1.807) is 0 Å². The maximum atomic E-state index is 5.59. The molecule has 0 aliphatic carbocycles. The van der Waals surface area contributed by atoms with Crippen LogP contribution in [-0.2, 0) is 0 Å². The number of nitrogens with one attached hydrogen (secondary N) is 1. The predicted molar refractivity (Wildman–Crippen MR) is 119 cm³/mol.